The van der Waals surface area contributed by atoms with Crippen LogP contribution in [-0.2, 0) is 23.9 Å². The maximum absolute atomic E-state index is 14.6. The number of Topliss-reactive ketones (excluding diaryl/α,β-unsaturated/α-hetero) is 2. The first-order valence-electron chi connectivity index (χ1n) is 15.8. The summed E-state index contributed by atoms with van der Waals surface area (Å²) >= 11 is 0. The van der Waals surface area contributed by atoms with Crippen LogP contribution < -0.4 is 5.32 Å². The van der Waals surface area contributed by atoms with Crippen LogP contribution in [0.3, 0.4) is 0 Å². The van der Waals surface area contributed by atoms with Gasteiger partial charge in [0, 0.05) is 24.3 Å². The lowest BCUT2D eigenvalue weighted by molar-refractivity contribution is -0.465. The fourth-order valence-corrected chi connectivity index (χ4v) is 11.3. The van der Waals surface area contributed by atoms with Gasteiger partial charge in [0.25, 0.3) is 5.91 Å². The van der Waals surface area contributed by atoms with Gasteiger partial charge in [0.15, 0.2) is 17.1 Å². The predicted octanol–water partition coefficient (Wildman–Crippen LogP) is 2.72. The van der Waals surface area contributed by atoms with Crippen molar-refractivity contribution in [2.24, 2.45) is 45.8 Å². The normalized spacial score (nSPS) is 48.7. The van der Waals surface area contributed by atoms with Gasteiger partial charge in [-0.2, -0.15) is 0 Å². The van der Waals surface area contributed by atoms with Gasteiger partial charge < -0.3 is 29.4 Å². The summed E-state index contributed by atoms with van der Waals surface area (Å²) in [6, 6.07) is 3.14. The lowest BCUT2D eigenvalue weighted by Gasteiger charge is -2.84. The van der Waals surface area contributed by atoms with Gasteiger partial charge >= 0.3 is 5.97 Å². The number of esters is 1. The van der Waals surface area contributed by atoms with E-state index in [1.54, 1.807) is 12.1 Å². The molecule has 1 amide bonds. The molecule has 2 aliphatic heterocycles. The number of amides is 1. The summed E-state index contributed by atoms with van der Waals surface area (Å²) in [5.41, 5.74) is -4.05. The molecule has 0 radical (unpaired) electrons. The van der Waals surface area contributed by atoms with E-state index in [0.717, 1.165) is 0 Å². The number of furan rings is 1. The van der Waals surface area contributed by atoms with E-state index in [4.69, 9.17) is 13.9 Å². The fourth-order valence-electron chi connectivity index (χ4n) is 11.3. The van der Waals surface area contributed by atoms with E-state index in [-0.39, 0.29) is 36.0 Å². The highest BCUT2D eigenvalue weighted by molar-refractivity contribution is 6.10. The topological polar surface area (TPSA) is 152 Å². The molecule has 2 spiro atoms. The number of fused-ring (bicyclic) bond motifs is 1. The number of carbonyl (C=O) groups excluding carboxylic acids is 4. The number of nitrogens with one attached hydrogen (secondary N) is 1. The van der Waals surface area contributed by atoms with Gasteiger partial charge in [0.2, 0.25) is 5.79 Å². The summed E-state index contributed by atoms with van der Waals surface area (Å²) in [7, 11) is 0. The molecule has 0 aromatic carbocycles. The molecular formula is C33H39NO9. The quantitative estimate of drug-likeness (QED) is 0.353. The first-order chi connectivity index (χ1) is 20.4. The molecule has 1 aromatic rings. The molecular weight excluding hydrogens is 554 g/mol. The first-order valence-corrected chi connectivity index (χ1v) is 15.8. The highest BCUT2D eigenvalue weighted by atomic mass is 16.6. The molecule has 230 valence electrons. The third-order valence-corrected chi connectivity index (χ3v) is 13.1. The second-order valence-electron chi connectivity index (χ2n) is 15.0. The van der Waals surface area contributed by atoms with Crippen molar-refractivity contribution in [2.75, 3.05) is 6.61 Å². The minimum Gasteiger partial charge on any atom is -0.459 e. The van der Waals surface area contributed by atoms with E-state index in [2.05, 4.69) is 11.9 Å². The number of ether oxygens (including phenoxy) is 2. The molecule has 10 nitrogen and oxygen atoms in total. The monoisotopic (exact) mass is 593 g/mol. The van der Waals surface area contributed by atoms with Crippen LogP contribution in [0.2, 0.25) is 0 Å². The van der Waals surface area contributed by atoms with Crippen LogP contribution >= 0.6 is 0 Å². The Kier molecular flexibility index (Phi) is 5.45. The van der Waals surface area contributed by atoms with E-state index >= 15 is 0 Å². The van der Waals surface area contributed by atoms with Crippen molar-refractivity contribution in [1.29, 1.82) is 0 Å². The highest BCUT2D eigenvalue weighted by Gasteiger charge is 2.97. The molecule has 43 heavy (non-hydrogen) atoms. The van der Waals surface area contributed by atoms with Gasteiger partial charge in [0.1, 0.15) is 17.3 Å². The van der Waals surface area contributed by atoms with Crippen molar-refractivity contribution in [2.45, 2.75) is 88.7 Å². The Bertz CT molecular complexity index is 1460. The van der Waals surface area contributed by atoms with E-state index in [1.165, 1.54) is 6.26 Å². The van der Waals surface area contributed by atoms with Crippen molar-refractivity contribution in [3.05, 3.63) is 36.3 Å². The van der Waals surface area contributed by atoms with Crippen molar-refractivity contribution in [1.82, 2.24) is 5.32 Å². The zero-order chi connectivity index (χ0) is 30.3. The molecule has 9 rings (SSSR count). The van der Waals surface area contributed by atoms with Crippen LogP contribution in [0.5, 0.6) is 0 Å². The van der Waals surface area contributed by atoms with Gasteiger partial charge in [-0.1, -0.05) is 20.4 Å². The Hall–Kier alpha value is -2.82. The Morgan fingerprint density at radius 2 is 1.84 bits per heavy atom. The zero-order valence-electron chi connectivity index (χ0n) is 24.6. The Morgan fingerprint density at radius 1 is 1.09 bits per heavy atom. The Labute approximate surface area is 249 Å². The second-order valence-corrected chi connectivity index (χ2v) is 15.0. The molecule has 1 aromatic heterocycles. The number of aliphatic hydroxyl groups is 2. The van der Waals surface area contributed by atoms with Crippen LogP contribution in [0.15, 0.2) is 35.0 Å². The lowest BCUT2D eigenvalue weighted by atomic mass is 9.21. The largest absolute Gasteiger partial charge is 0.459 e. The smallest absolute Gasteiger partial charge is 0.310 e. The zero-order valence-corrected chi connectivity index (χ0v) is 24.6. The molecule has 2 bridgehead atoms. The van der Waals surface area contributed by atoms with Crippen LogP contribution in [0.1, 0.15) is 75.8 Å². The van der Waals surface area contributed by atoms with Crippen molar-refractivity contribution >= 4 is 23.4 Å². The lowest BCUT2D eigenvalue weighted by Crippen LogP contribution is -2.97. The van der Waals surface area contributed by atoms with Crippen molar-refractivity contribution in [3.63, 3.8) is 0 Å². The third kappa shape index (κ3) is 2.92. The molecule has 6 aliphatic carbocycles. The minimum absolute atomic E-state index is 0.00297. The summed E-state index contributed by atoms with van der Waals surface area (Å²) in [4.78, 5) is 54.5. The summed E-state index contributed by atoms with van der Waals surface area (Å²) in [5.74, 6) is -5.44. The van der Waals surface area contributed by atoms with Gasteiger partial charge in [0.05, 0.1) is 24.2 Å². The molecule has 2 saturated heterocycles. The highest BCUT2D eigenvalue weighted by Crippen LogP contribution is 2.85. The van der Waals surface area contributed by atoms with Gasteiger partial charge in [-0.25, -0.2) is 0 Å². The molecule has 10 heteroatoms. The van der Waals surface area contributed by atoms with Gasteiger partial charge in [-0.15, -0.1) is 0 Å². The molecule has 3 N–H and O–H groups in total. The molecule has 8 fully saturated rings. The first kappa shape index (κ1) is 27.7. The minimum atomic E-state index is -2.17. The van der Waals surface area contributed by atoms with E-state index < -0.39 is 69.2 Å². The van der Waals surface area contributed by atoms with E-state index in [9.17, 15) is 29.4 Å². The number of rotatable bonds is 4. The number of hydrogen-bond donors (Lipinski definition) is 3. The van der Waals surface area contributed by atoms with E-state index in [0.29, 0.717) is 56.9 Å². The van der Waals surface area contributed by atoms with Crippen molar-refractivity contribution < 1.29 is 43.3 Å². The number of ketones is 2. The fraction of sp³-hybridized carbons (Fsp3) is 0.697. The summed E-state index contributed by atoms with van der Waals surface area (Å²) in [6.45, 7) is 8.23. The average molecular weight is 594 g/mol. The number of aliphatic hydroxyl groups excluding tert-OH is 1. The molecule has 8 aliphatic rings. The predicted molar refractivity (Wildman–Crippen MR) is 148 cm³/mol. The second kappa shape index (κ2) is 8.46. The van der Waals surface area contributed by atoms with Crippen molar-refractivity contribution in [3.8, 4) is 0 Å². The van der Waals surface area contributed by atoms with Gasteiger partial charge in [-0.05, 0) is 79.9 Å². The average Bonchev–Trinajstić information content (AvgIpc) is 3.53. The number of hydrogen-bond acceptors (Lipinski definition) is 9. The SMILES string of the molecule is C=C1C2CCC3C45COC(O)(C(O)C4C(C)(C)CCC5=O)C34C(=O)C1(OC(=O)C1CCC(NC(=O)c3ccco3)CC1)C24. The molecule has 6 saturated carbocycles. The van der Waals surface area contributed by atoms with E-state index in [1.807, 2.05) is 13.8 Å². The van der Waals surface area contributed by atoms with Crippen LogP contribution in [0, 0.1) is 45.8 Å². The molecule has 3 heterocycles. The summed E-state index contributed by atoms with van der Waals surface area (Å²) < 4.78 is 17.4. The van der Waals surface area contributed by atoms with Crippen LogP contribution in [0.4, 0.5) is 0 Å². The third-order valence-electron chi connectivity index (χ3n) is 13.1. The summed E-state index contributed by atoms with van der Waals surface area (Å²) in [6.07, 6.45) is 4.30. The van der Waals surface area contributed by atoms with Crippen LogP contribution in [-0.4, -0.2) is 63.8 Å². The van der Waals surface area contributed by atoms with Crippen LogP contribution in [0.25, 0.3) is 0 Å². The Balaban J connectivity index is 1.05. The number of carbonyl (C=O) groups is 4. The molecule has 9 atom stereocenters. The maximum Gasteiger partial charge on any atom is 0.310 e. The maximum atomic E-state index is 14.6. The molecule has 9 unspecified atom stereocenters. The standard InChI is InChI=1S/C33H39NO9/c1-16-19-10-11-21-30-15-42-33(40,25(36)24(30)29(2,3)13-12-22(30)35)31(21)23(19)32(16,28(31)39)43-27(38)17-6-8-18(9-7-17)34-26(37)20-5-4-14-41-20/h4-5,14,17-19,21,23-25,36,40H,1,6-13,15H2,2-3H3,(H,34,37). The summed E-state index contributed by atoms with van der Waals surface area (Å²) in [5, 5.41) is 27.0. The Morgan fingerprint density at radius 3 is 2.53 bits per heavy atom. The van der Waals surface area contributed by atoms with Gasteiger partial charge in [-0.3, -0.25) is 19.2 Å².